The third-order valence-corrected chi connectivity index (χ3v) is 6.40. The van der Waals surface area contributed by atoms with E-state index >= 15 is 0 Å². The maximum Gasteiger partial charge on any atom is 0.250 e. The standard InChI is InChI=1S/C8H17OSi/c1-7-9-10(5,6)8(2,3)4/h1H2,2-6H3. The van der Waals surface area contributed by atoms with E-state index in [-0.39, 0.29) is 5.04 Å². The van der Waals surface area contributed by atoms with Crippen molar-refractivity contribution in [1.82, 2.24) is 0 Å². The molecular formula is C8H17OSi. The van der Waals surface area contributed by atoms with Crippen LogP contribution >= 0.6 is 0 Å². The Bertz CT molecular complexity index is 122. The highest BCUT2D eigenvalue weighted by molar-refractivity contribution is 6.74. The monoisotopic (exact) mass is 157 g/mol. The predicted molar refractivity (Wildman–Crippen MR) is 47.2 cm³/mol. The Hall–Kier alpha value is -0.243. The molecule has 0 aliphatic heterocycles. The normalized spacial score (nSPS) is 12.9. The van der Waals surface area contributed by atoms with E-state index < -0.39 is 8.32 Å². The number of hydrogen-bond donors (Lipinski definition) is 0. The second-order valence-electron chi connectivity index (χ2n) is 4.01. The summed E-state index contributed by atoms with van der Waals surface area (Å²) in [7, 11) is -1.58. The molecule has 0 aromatic rings. The third kappa shape index (κ3) is 2.18. The van der Waals surface area contributed by atoms with Crippen molar-refractivity contribution in [2.75, 3.05) is 0 Å². The lowest BCUT2D eigenvalue weighted by atomic mass is 10.2. The molecule has 0 aliphatic rings. The molecule has 1 radical (unpaired) electrons. The van der Waals surface area contributed by atoms with Gasteiger partial charge in [-0.05, 0) is 18.1 Å². The number of hydrogen-bond acceptors (Lipinski definition) is 1. The lowest BCUT2D eigenvalue weighted by Gasteiger charge is -2.34. The van der Waals surface area contributed by atoms with Crippen molar-refractivity contribution in [2.24, 2.45) is 0 Å². The zero-order chi connectivity index (χ0) is 8.41. The van der Waals surface area contributed by atoms with Crippen LogP contribution in [0.1, 0.15) is 20.8 Å². The molecule has 10 heavy (non-hydrogen) atoms. The van der Waals surface area contributed by atoms with Gasteiger partial charge >= 0.3 is 0 Å². The first-order valence-electron chi connectivity index (χ1n) is 3.51. The van der Waals surface area contributed by atoms with Crippen LogP contribution in [0.15, 0.2) is 6.58 Å². The molecule has 0 bridgehead atoms. The number of rotatable bonds is 2. The van der Waals surface area contributed by atoms with Gasteiger partial charge in [-0.3, -0.25) is 0 Å². The summed E-state index contributed by atoms with van der Waals surface area (Å²) in [6, 6.07) is 0. The molecule has 0 unspecified atom stereocenters. The zero-order valence-electron chi connectivity index (χ0n) is 7.62. The molecule has 1 nitrogen and oxygen atoms in total. The minimum atomic E-state index is -1.58. The van der Waals surface area contributed by atoms with Crippen LogP contribution in [-0.4, -0.2) is 8.32 Å². The Balaban J connectivity index is 4.23. The molecule has 0 N–H and O–H groups in total. The van der Waals surface area contributed by atoms with Crippen molar-refractivity contribution < 1.29 is 4.43 Å². The van der Waals surface area contributed by atoms with Gasteiger partial charge < -0.3 is 4.43 Å². The predicted octanol–water partition coefficient (Wildman–Crippen LogP) is 2.95. The summed E-state index contributed by atoms with van der Waals surface area (Å²) < 4.78 is 5.37. The molecule has 0 aromatic heterocycles. The SMILES string of the molecule is C=[C]O[Si](C)(C)C(C)(C)C. The van der Waals surface area contributed by atoms with Crippen molar-refractivity contribution in [3.8, 4) is 0 Å². The Morgan fingerprint density at radius 1 is 1.30 bits per heavy atom. The summed E-state index contributed by atoms with van der Waals surface area (Å²) >= 11 is 0. The maximum absolute atomic E-state index is 5.37. The average molecular weight is 157 g/mol. The topological polar surface area (TPSA) is 9.23 Å². The molecule has 2 heteroatoms. The summed E-state index contributed by atoms with van der Waals surface area (Å²) in [5.74, 6) is 0. The lowest BCUT2D eigenvalue weighted by molar-refractivity contribution is 0.409. The highest BCUT2D eigenvalue weighted by atomic mass is 28.4. The van der Waals surface area contributed by atoms with Crippen LogP contribution in [-0.2, 0) is 4.43 Å². The van der Waals surface area contributed by atoms with Crippen LogP contribution in [0.4, 0.5) is 0 Å². The van der Waals surface area contributed by atoms with E-state index in [2.05, 4.69) is 46.7 Å². The second kappa shape index (κ2) is 2.78. The van der Waals surface area contributed by atoms with Crippen molar-refractivity contribution in [2.45, 2.75) is 38.9 Å². The Morgan fingerprint density at radius 2 is 1.70 bits per heavy atom. The van der Waals surface area contributed by atoms with E-state index in [4.69, 9.17) is 4.43 Å². The summed E-state index contributed by atoms with van der Waals surface area (Å²) in [6.45, 7) is 14.4. The van der Waals surface area contributed by atoms with Crippen molar-refractivity contribution in [3.05, 3.63) is 12.8 Å². The van der Waals surface area contributed by atoms with E-state index in [0.29, 0.717) is 0 Å². The van der Waals surface area contributed by atoms with Gasteiger partial charge in [0.1, 0.15) is 6.26 Å². The van der Waals surface area contributed by atoms with Crippen LogP contribution in [0, 0.1) is 6.26 Å². The van der Waals surface area contributed by atoms with Crippen LogP contribution in [0.5, 0.6) is 0 Å². The van der Waals surface area contributed by atoms with Crippen molar-refractivity contribution in [1.29, 1.82) is 0 Å². The third-order valence-electron chi connectivity index (χ3n) is 2.13. The minimum Gasteiger partial charge on any atom is -0.541 e. The fourth-order valence-electron chi connectivity index (χ4n) is 0.334. The molecule has 0 saturated heterocycles. The smallest absolute Gasteiger partial charge is 0.250 e. The van der Waals surface area contributed by atoms with Gasteiger partial charge in [-0.25, -0.2) is 0 Å². The molecule has 0 rings (SSSR count). The molecule has 0 aliphatic carbocycles. The van der Waals surface area contributed by atoms with Crippen LogP contribution in [0.25, 0.3) is 0 Å². The fraction of sp³-hybridized carbons (Fsp3) is 0.750. The maximum atomic E-state index is 5.37. The van der Waals surface area contributed by atoms with Crippen molar-refractivity contribution >= 4 is 8.32 Å². The molecule has 0 fully saturated rings. The van der Waals surface area contributed by atoms with Crippen molar-refractivity contribution in [3.63, 3.8) is 0 Å². The van der Waals surface area contributed by atoms with Gasteiger partial charge in [0.2, 0.25) is 0 Å². The van der Waals surface area contributed by atoms with Gasteiger partial charge in [-0.2, -0.15) is 0 Å². The highest BCUT2D eigenvalue weighted by Crippen LogP contribution is 2.36. The molecule has 0 heterocycles. The Labute approximate surface area is 65.2 Å². The Morgan fingerprint density at radius 3 is 1.80 bits per heavy atom. The van der Waals surface area contributed by atoms with Crippen LogP contribution < -0.4 is 0 Å². The van der Waals surface area contributed by atoms with E-state index in [9.17, 15) is 0 Å². The molecule has 0 amide bonds. The molecule has 0 aromatic carbocycles. The highest BCUT2D eigenvalue weighted by Gasteiger charge is 2.37. The zero-order valence-corrected chi connectivity index (χ0v) is 8.62. The van der Waals surface area contributed by atoms with E-state index in [1.165, 1.54) is 0 Å². The average Bonchev–Trinajstić information content (AvgIpc) is 1.61. The van der Waals surface area contributed by atoms with Gasteiger partial charge in [0.15, 0.2) is 0 Å². The first kappa shape index (κ1) is 9.76. The molecule has 0 saturated carbocycles. The largest absolute Gasteiger partial charge is 0.541 e. The van der Waals surface area contributed by atoms with Gasteiger partial charge in [0.25, 0.3) is 8.32 Å². The van der Waals surface area contributed by atoms with Crippen LogP contribution in [0.2, 0.25) is 18.1 Å². The molecule has 0 spiro atoms. The van der Waals surface area contributed by atoms with E-state index in [1.807, 2.05) is 0 Å². The van der Waals surface area contributed by atoms with E-state index in [1.54, 1.807) is 0 Å². The van der Waals surface area contributed by atoms with Gasteiger partial charge in [0, 0.05) is 0 Å². The first-order chi connectivity index (χ1) is 4.31. The Kier molecular flexibility index (Phi) is 2.72. The van der Waals surface area contributed by atoms with Gasteiger partial charge in [-0.15, -0.1) is 0 Å². The minimum absolute atomic E-state index is 0.262. The van der Waals surface area contributed by atoms with Gasteiger partial charge in [-0.1, -0.05) is 27.4 Å². The first-order valence-corrected chi connectivity index (χ1v) is 6.42. The summed E-state index contributed by atoms with van der Waals surface area (Å²) in [4.78, 5) is 0. The molecule has 0 atom stereocenters. The summed E-state index contributed by atoms with van der Waals surface area (Å²) in [5.41, 5.74) is 0. The second-order valence-corrected chi connectivity index (χ2v) is 8.73. The summed E-state index contributed by atoms with van der Waals surface area (Å²) in [5, 5.41) is 0.262. The summed E-state index contributed by atoms with van der Waals surface area (Å²) in [6.07, 6.45) is 2.53. The van der Waals surface area contributed by atoms with E-state index in [0.717, 1.165) is 0 Å². The quantitative estimate of drug-likeness (QED) is 0.442. The van der Waals surface area contributed by atoms with Crippen LogP contribution in [0.3, 0.4) is 0 Å². The van der Waals surface area contributed by atoms with Gasteiger partial charge in [0.05, 0.1) is 0 Å². The molecular weight excluding hydrogens is 140 g/mol. The lowest BCUT2D eigenvalue weighted by Crippen LogP contribution is -2.39. The molecule has 59 valence electrons. The fourth-order valence-corrected chi connectivity index (χ4v) is 1.00.